The summed E-state index contributed by atoms with van der Waals surface area (Å²) in [6, 6.07) is 14.0. The number of aromatic nitrogens is 1. The minimum atomic E-state index is -1.21. The highest BCUT2D eigenvalue weighted by Crippen LogP contribution is 2.35. The molecule has 0 aliphatic heterocycles. The van der Waals surface area contributed by atoms with Crippen LogP contribution in [0.25, 0.3) is 5.69 Å². The number of nitrogens with zero attached hydrogens (tertiary/aromatic N) is 1. The van der Waals surface area contributed by atoms with Gasteiger partial charge >= 0.3 is 0 Å². The quantitative estimate of drug-likeness (QED) is 0.388. The number of fused-ring (bicyclic) bond motifs is 1. The molecular formula is C28H29ClN2O5S. The van der Waals surface area contributed by atoms with Crippen LogP contribution in [0.2, 0.25) is 5.02 Å². The predicted molar refractivity (Wildman–Crippen MR) is 145 cm³/mol. The Hall–Kier alpha value is -2.91. The molecule has 9 heteroatoms. The Morgan fingerprint density at radius 3 is 2.35 bits per heavy atom. The van der Waals surface area contributed by atoms with Gasteiger partial charge in [0.05, 0.1) is 12.6 Å². The topological polar surface area (TPSA) is 109 Å². The van der Waals surface area contributed by atoms with Crippen LogP contribution in [0.15, 0.2) is 64.3 Å². The zero-order chi connectivity index (χ0) is 26.9. The molecule has 3 N–H and O–H groups in total. The highest BCUT2D eigenvalue weighted by molar-refractivity contribution is 7.98. The van der Waals surface area contributed by atoms with Gasteiger partial charge in [-0.1, -0.05) is 37.6 Å². The molecular weight excluding hydrogens is 512 g/mol. The van der Waals surface area contributed by atoms with Gasteiger partial charge in [-0.3, -0.25) is 19.0 Å². The molecule has 2 aromatic carbocycles. The molecule has 1 aliphatic carbocycles. The Morgan fingerprint density at radius 2 is 1.76 bits per heavy atom. The van der Waals surface area contributed by atoms with Gasteiger partial charge in [0.15, 0.2) is 5.78 Å². The number of nitrogens with one attached hydrogen (secondary N) is 1. The Labute approximate surface area is 224 Å². The largest absolute Gasteiger partial charge is 0.394 e. The van der Waals surface area contributed by atoms with Crippen LogP contribution in [0.1, 0.15) is 58.3 Å². The summed E-state index contributed by atoms with van der Waals surface area (Å²) in [6.07, 6.45) is 1.48. The van der Waals surface area contributed by atoms with Gasteiger partial charge in [-0.05, 0) is 66.1 Å². The maximum absolute atomic E-state index is 13.7. The lowest BCUT2D eigenvalue weighted by Crippen LogP contribution is -2.45. The van der Waals surface area contributed by atoms with Crippen molar-refractivity contribution >= 4 is 35.1 Å². The van der Waals surface area contributed by atoms with E-state index in [1.54, 1.807) is 48.2 Å². The first kappa shape index (κ1) is 27.1. The molecule has 1 amide bonds. The molecule has 0 saturated carbocycles. The maximum atomic E-state index is 13.7. The lowest BCUT2D eigenvalue weighted by atomic mass is 9.75. The van der Waals surface area contributed by atoms with Crippen molar-refractivity contribution in [3.63, 3.8) is 0 Å². The van der Waals surface area contributed by atoms with E-state index in [9.17, 15) is 24.6 Å². The number of aliphatic hydroxyl groups is 2. The van der Waals surface area contributed by atoms with Gasteiger partial charge in [0.2, 0.25) is 0 Å². The monoisotopic (exact) mass is 540 g/mol. The fourth-order valence-electron chi connectivity index (χ4n) is 4.64. The molecule has 1 aromatic heterocycles. The first-order valence-corrected chi connectivity index (χ1v) is 13.5. The van der Waals surface area contributed by atoms with E-state index in [2.05, 4.69) is 5.32 Å². The summed E-state index contributed by atoms with van der Waals surface area (Å²) >= 11 is 7.60. The molecule has 4 rings (SSSR count). The van der Waals surface area contributed by atoms with Crippen LogP contribution in [0.4, 0.5) is 0 Å². The predicted octanol–water partition coefficient (Wildman–Crippen LogP) is 4.19. The van der Waals surface area contributed by atoms with Crippen LogP contribution in [-0.2, 0) is 6.42 Å². The lowest BCUT2D eigenvalue weighted by Gasteiger charge is -2.32. The van der Waals surface area contributed by atoms with Crippen molar-refractivity contribution in [2.24, 2.45) is 5.41 Å². The summed E-state index contributed by atoms with van der Waals surface area (Å²) in [5.74, 6) is -0.942. The molecule has 0 radical (unpaired) electrons. The minimum absolute atomic E-state index is 0.157. The number of carbonyl (C=O) groups is 2. The second-order valence-electron chi connectivity index (χ2n) is 9.96. The summed E-state index contributed by atoms with van der Waals surface area (Å²) in [5, 5.41) is 23.8. The van der Waals surface area contributed by atoms with Gasteiger partial charge in [-0.25, -0.2) is 0 Å². The van der Waals surface area contributed by atoms with Crippen molar-refractivity contribution in [3.05, 3.63) is 92.4 Å². The van der Waals surface area contributed by atoms with Gasteiger partial charge in [0, 0.05) is 33.3 Å². The summed E-state index contributed by atoms with van der Waals surface area (Å²) in [5.41, 5.74) is 0.652. The van der Waals surface area contributed by atoms with Crippen molar-refractivity contribution in [3.8, 4) is 5.69 Å². The third-order valence-corrected chi connectivity index (χ3v) is 7.57. The number of carbonyl (C=O) groups excluding carboxylic acids is 2. The van der Waals surface area contributed by atoms with E-state index in [4.69, 9.17) is 11.6 Å². The van der Waals surface area contributed by atoms with Gasteiger partial charge in [-0.15, -0.1) is 11.8 Å². The zero-order valence-corrected chi connectivity index (χ0v) is 22.4. The van der Waals surface area contributed by atoms with E-state index in [-0.39, 0.29) is 23.2 Å². The minimum Gasteiger partial charge on any atom is -0.394 e. The Morgan fingerprint density at radius 1 is 1.11 bits per heavy atom. The molecule has 0 saturated heterocycles. The van der Waals surface area contributed by atoms with E-state index in [0.29, 0.717) is 34.0 Å². The molecule has 0 spiro atoms. The van der Waals surface area contributed by atoms with E-state index in [1.165, 1.54) is 10.6 Å². The number of halogens is 1. The fraction of sp³-hybridized carbons (Fsp3) is 0.321. The number of hydrogen-bond acceptors (Lipinski definition) is 6. The van der Waals surface area contributed by atoms with Crippen molar-refractivity contribution in [2.45, 2.75) is 43.7 Å². The Bertz CT molecular complexity index is 1380. The van der Waals surface area contributed by atoms with E-state index >= 15 is 0 Å². The molecule has 2 atom stereocenters. The number of pyridine rings is 1. The third-order valence-electron chi connectivity index (χ3n) is 6.57. The van der Waals surface area contributed by atoms with Crippen LogP contribution >= 0.6 is 23.4 Å². The van der Waals surface area contributed by atoms with Gasteiger partial charge in [0.1, 0.15) is 11.7 Å². The number of rotatable bonds is 7. The second-order valence-corrected chi connectivity index (χ2v) is 11.3. The smallest absolute Gasteiger partial charge is 0.268 e. The van der Waals surface area contributed by atoms with Crippen LogP contribution in [0.5, 0.6) is 0 Å². The average molecular weight is 541 g/mol. The maximum Gasteiger partial charge on any atom is 0.268 e. The molecule has 7 nitrogen and oxygen atoms in total. The van der Waals surface area contributed by atoms with Crippen molar-refractivity contribution in [1.82, 2.24) is 9.88 Å². The van der Waals surface area contributed by atoms with Crippen LogP contribution < -0.4 is 10.9 Å². The second kappa shape index (κ2) is 10.8. The van der Waals surface area contributed by atoms with Gasteiger partial charge in [0.25, 0.3) is 11.5 Å². The van der Waals surface area contributed by atoms with Crippen molar-refractivity contribution in [1.29, 1.82) is 0 Å². The summed E-state index contributed by atoms with van der Waals surface area (Å²) in [6.45, 7) is 3.37. The SMILES string of the molecule is CSc1ccc([C@@H](O)[C@H](CO)NC(=O)c2cc3c(n(-c4ccc(Cl)cc4)c2=O)CC(C)(C)CC3=O)cc1. The summed E-state index contributed by atoms with van der Waals surface area (Å²) in [7, 11) is 0. The normalized spacial score (nSPS) is 16.1. The number of Topliss-reactive ketones (excluding diaryl/α,β-unsaturated/α-hetero) is 1. The molecule has 3 aromatic rings. The first-order valence-electron chi connectivity index (χ1n) is 11.9. The lowest BCUT2D eigenvalue weighted by molar-refractivity contribution is 0.0701. The average Bonchev–Trinajstić information content (AvgIpc) is 2.86. The number of aliphatic hydroxyl groups excluding tert-OH is 2. The molecule has 1 aliphatic rings. The summed E-state index contributed by atoms with van der Waals surface area (Å²) in [4.78, 5) is 41.1. The standard InChI is InChI=1S/C28H29ClN2O5S/c1-28(2)13-23-20(24(33)14-28)12-21(27(36)31(23)18-8-6-17(29)7-9-18)26(35)30-22(15-32)25(34)16-4-10-19(37-3)11-5-16/h4-12,22,25,32,34H,13-15H2,1-3H3,(H,30,35)/t22-,25+/m0/s1. The number of ketones is 1. The number of benzene rings is 2. The zero-order valence-electron chi connectivity index (χ0n) is 20.8. The highest BCUT2D eigenvalue weighted by Gasteiger charge is 2.35. The van der Waals surface area contributed by atoms with Crippen molar-refractivity contribution < 1.29 is 19.8 Å². The van der Waals surface area contributed by atoms with Gasteiger partial charge in [-0.2, -0.15) is 0 Å². The molecule has 194 valence electrons. The molecule has 0 bridgehead atoms. The number of amides is 1. The molecule has 1 heterocycles. The van der Waals surface area contributed by atoms with E-state index in [0.717, 1.165) is 4.90 Å². The molecule has 0 fully saturated rings. The third kappa shape index (κ3) is 5.67. The number of thioether (sulfide) groups is 1. The van der Waals surface area contributed by atoms with Crippen molar-refractivity contribution in [2.75, 3.05) is 12.9 Å². The fourth-order valence-corrected chi connectivity index (χ4v) is 5.18. The van der Waals surface area contributed by atoms with Crippen LogP contribution in [0.3, 0.4) is 0 Å². The molecule has 37 heavy (non-hydrogen) atoms. The summed E-state index contributed by atoms with van der Waals surface area (Å²) < 4.78 is 1.39. The van der Waals surface area contributed by atoms with Crippen LogP contribution in [0, 0.1) is 5.41 Å². The highest BCUT2D eigenvalue weighted by atomic mass is 35.5. The number of hydrogen-bond donors (Lipinski definition) is 3. The Kier molecular flexibility index (Phi) is 7.94. The van der Waals surface area contributed by atoms with Crippen LogP contribution in [-0.4, -0.2) is 45.4 Å². The van der Waals surface area contributed by atoms with E-state index in [1.807, 2.05) is 32.2 Å². The Balaban J connectivity index is 1.75. The van der Waals surface area contributed by atoms with E-state index < -0.39 is 30.2 Å². The van der Waals surface area contributed by atoms with Gasteiger partial charge < -0.3 is 15.5 Å². The first-order chi connectivity index (χ1) is 17.5. The molecule has 0 unspecified atom stereocenters.